The van der Waals surface area contributed by atoms with Crippen molar-refractivity contribution in [2.75, 3.05) is 14.2 Å². The molecule has 15 heavy (non-hydrogen) atoms. The van der Waals surface area contributed by atoms with Crippen molar-refractivity contribution in [1.82, 2.24) is 0 Å². The molecular formula is C8H16O7. The first-order valence-electron chi connectivity index (χ1n) is 4.21. The van der Waals surface area contributed by atoms with Gasteiger partial charge in [-0.1, -0.05) is 0 Å². The Balaban J connectivity index is 4.87. The molecule has 0 aromatic carbocycles. The van der Waals surface area contributed by atoms with E-state index < -0.39 is 30.1 Å². The lowest BCUT2D eigenvalue weighted by atomic mass is 10.0. The molecule has 0 aromatic heterocycles. The smallest absolute Gasteiger partial charge is 0.369 e. The van der Waals surface area contributed by atoms with Crippen LogP contribution in [-0.2, 0) is 14.3 Å². The molecule has 0 rings (SSSR count). The fraction of sp³-hybridized carbons (Fsp3) is 0.875. The van der Waals surface area contributed by atoms with Gasteiger partial charge < -0.3 is 29.9 Å². The maximum atomic E-state index is 11.1. The summed E-state index contributed by atoms with van der Waals surface area (Å²) in [6.07, 6.45) is -5.10. The average Bonchev–Trinajstić information content (AvgIpc) is 2.24. The quantitative estimate of drug-likeness (QED) is 0.304. The molecule has 4 N–H and O–H groups in total. The molecule has 0 saturated carbocycles. The summed E-state index contributed by atoms with van der Waals surface area (Å²) < 4.78 is 8.57. The van der Waals surface area contributed by atoms with Crippen LogP contribution in [0.3, 0.4) is 0 Å². The van der Waals surface area contributed by atoms with Crippen molar-refractivity contribution in [1.29, 1.82) is 0 Å². The number of aliphatic hydroxyl groups is 4. The van der Waals surface area contributed by atoms with E-state index in [0.717, 1.165) is 14.2 Å². The van der Waals surface area contributed by atoms with E-state index in [-0.39, 0.29) is 0 Å². The number of rotatable bonds is 5. The molecule has 0 radical (unpaired) electrons. The van der Waals surface area contributed by atoms with E-state index in [2.05, 4.69) is 9.47 Å². The van der Waals surface area contributed by atoms with Crippen molar-refractivity contribution in [3.8, 4) is 0 Å². The summed E-state index contributed by atoms with van der Waals surface area (Å²) in [6.45, 7) is 1.18. The molecule has 7 nitrogen and oxygen atoms in total. The molecule has 0 heterocycles. The van der Waals surface area contributed by atoms with E-state index in [1.807, 2.05) is 0 Å². The molecular weight excluding hydrogens is 208 g/mol. The van der Waals surface area contributed by atoms with E-state index in [9.17, 15) is 20.1 Å². The van der Waals surface area contributed by atoms with Crippen molar-refractivity contribution >= 4 is 5.97 Å². The molecule has 0 aromatic rings. The third-order valence-corrected chi connectivity index (χ3v) is 2.01. The highest BCUT2D eigenvalue weighted by molar-refractivity contribution is 5.78. The van der Waals surface area contributed by atoms with Crippen LogP contribution in [0.5, 0.6) is 0 Å². The number of hydrogen-bond acceptors (Lipinski definition) is 7. The highest BCUT2D eigenvalue weighted by Gasteiger charge is 2.49. The predicted octanol–water partition coefficient (Wildman–Crippen LogP) is -2.40. The van der Waals surface area contributed by atoms with E-state index in [1.165, 1.54) is 6.92 Å². The molecule has 0 fully saturated rings. The number of carbonyl (C=O) groups is 1. The SMILES string of the molecule is COC(=O)[C@@](O)(OC)[C@H](O)[C@@H](O)[C@H](C)O. The van der Waals surface area contributed by atoms with Crippen molar-refractivity contribution in [2.24, 2.45) is 0 Å². The zero-order chi connectivity index (χ0) is 12.2. The molecule has 0 spiro atoms. The maximum absolute atomic E-state index is 11.1. The number of carbonyl (C=O) groups excluding carboxylic acids is 1. The monoisotopic (exact) mass is 224 g/mol. The average molecular weight is 224 g/mol. The summed E-state index contributed by atoms with van der Waals surface area (Å²) in [5, 5.41) is 37.2. The normalized spacial score (nSPS) is 21.3. The van der Waals surface area contributed by atoms with Gasteiger partial charge >= 0.3 is 5.97 Å². The van der Waals surface area contributed by atoms with Crippen LogP contribution in [0.15, 0.2) is 0 Å². The highest BCUT2D eigenvalue weighted by Crippen LogP contribution is 2.18. The number of hydrogen-bond donors (Lipinski definition) is 4. The Kier molecular flexibility index (Phi) is 5.12. The van der Waals surface area contributed by atoms with Crippen LogP contribution in [0.4, 0.5) is 0 Å². The molecule has 0 bridgehead atoms. The van der Waals surface area contributed by atoms with Crippen LogP contribution in [-0.4, -0.2) is 64.7 Å². The largest absolute Gasteiger partial charge is 0.465 e. The summed E-state index contributed by atoms with van der Waals surface area (Å²) in [4.78, 5) is 11.1. The Morgan fingerprint density at radius 2 is 1.73 bits per heavy atom. The Morgan fingerprint density at radius 3 is 2.00 bits per heavy atom. The summed E-state index contributed by atoms with van der Waals surface area (Å²) in [6, 6.07) is 0. The number of ether oxygens (including phenoxy) is 2. The van der Waals surface area contributed by atoms with Gasteiger partial charge in [-0.05, 0) is 6.92 Å². The Bertz CT molecular complexity index is 217. The molecule has 90 valence electrons. The van der Waals surface area contributed by atoms with E-state index in [4.69, 9.17) is 5.11 Å². The van der Waals surface area contributed by atoms with Crippen molar-refractivity contribution in [3.63, 3.8) is 0 Å². The van der Waals surface area contributed by atoms with Gasteiger partial charge in [-0.25, -0.2) is 4.79 Å². The Morgan fingerprint density at radius 1 is 1.27 bits per heavy atom. The minimum atomic E-state index is -2.70. The van der Waals surface area contributed by atoms with Crippen molar-refractivity contribution in [2.45, 2.75) is 31.0 Å². The first-order chi connectivity index (χ1) is 6.81. The summed E-state index contributed by atoms with van der Waals surface area (Å²) in [5.41, 5.74) is 0. The molecule has 0 saturated heterocycles. The van der Waals surface area contributed by atoms with Crippen molar-refractivity contribution < 1.29 is 34.7 Å². The summed E-state index contributed by atoms with van der Waals surface area (Å²) in [7, 11) is 1.93. The van der Waals surface area contributed by atoms with Crippen LogP contribution >= 0.6 is 0 Å². The zero-order valence-electron chi connectivity index (χ0n) is 8.75. The van der Waals surface area contributed by atoms with Gasteiger partial charge in [0, 0.05) is 7.11 Å². The van der Waals surface area contributed by atoms with Crippen molar-refractivity contribution in [3.05, 3.63) is 0 Å². The third kappa shape index (κ3) is 2.86. The third-order valence-electron chi connectivity index (χ3n) is 2.01. The highest BCUT2D eigenvalue weighted by atomic mass is 16.7. The van der Waals surface area contributed by atoms with Gasteiger partial charge in [0.05, 0.1) is 13.2 Å². The second kappa shape index (κ2) is 5.38. The first kappa shape index (κ1) is 14.3. The topological polar surface area (TPSA) is 116 Å². The van der Waals surface area contributed by atoms with E-state index in [1.54, 1.807) is 0 Å². The molecule has 7 heteroatoms. The van der Waals surface area contributed by atoms with Gasteiger partial charge in [-0.2, -0.15) is 0 Å². The molecule has 0 aliphatic rings. The summed E-state index contributed by atoms with van der Waals surface area (Å²) in [5.74, 6) is -3.97. The summed E-state index contributed by atoms with van der Waals surface area (Å²) >= 11 is 0. The Labute approximate surface area is 86.9 Å². The van der Waals surface area contributed by atoms with Crippen LogP contribution in [0.2, 0.25) is 0 Å². The first-order valence-corrected chi connectivity index (χ1v) is 4.21. The number of aliphatic hydroxyl groups excluding tert-OH is 3. The molecule has 4 atom stereocenters. The van der Waals surface area contributed by atoms with Gasteiger partial charge in [0.25, 0.3) is 5.79 Å². The van der Waals surface area contributed by atoms with Crippen LogP contribution in [0.25, 0.3) is 0 Å². The second-order valence-electron chi connectivity index (χ2n) is 3.07. The van der Waals surface area contributed by atoms with Gasteiger partial charge in [-0.3, -0.25) is 0 Å². The van der Waals surface area contributed by atoms with Crippen LogP contribution in [0, 0.1) is 0 Å². The minimum absolute atomic E-state index is 0.953. The standard InChI is InChI=1S/C8H16O7/c1-4(9)5(10)6(11)8(13,15-3)7(12)14-2/h4-6,9-11,13H,1-3H3/t4-,5-,6+,8-/m0/s1. The fourth-order valence-corrected chi connectivity index (χ4v) is 0.966. The molecule has 0 aliphatic carbocycles. The molecule has 0 unspecified atom stereocenters. The Hall–Kier alpha value is -0.730. The van der Waals surface area contributed by atoms with E-state index in [0.29, 0.717) is 0 Å². The zero-order valence-corrected chi connectivity index (χ0v) is 8.75. The lowest BCUT2D eigenvalue weighted by Crippen LogP contribution is -2.58. The molecule has 0 aliphatic heterocycles. The lowest BCUT2D eigenvalue weighted by molar-refractivity contribution is -0.269. The molecule has 0 amide bonds. The number of esters is 1. The maximum Gasteiger partial charge on any atom is 0.369 e. The van der Waals surface area contributed by atoms with Crippen LogP contribution in [0.1, 0.15) is 6.92 Å². The van der Waals surface area contributed by atoms with Gasteiger partial charge in [0.2, 0.25) is 0 Å². The van der Waals surface area contributed by atoms with Crippen LogP contribution < -0.4 is 0 Å². The van der Waals surface area contributed by atoms with E-state index >= 15 is 0 Å². The van der Waals surface area contributed by atoms with Gasteiger partial charge in [-0.15, -0.1) is 0 Å². The van der Waals surface area contributed by atoms with Gasteiger partial charge in [0.15, 0.2) is 0 Å². The minimum Gasteiger partial charge on any atom is -0.465 e. The second-order valence-corrected chi connectivity index (χ2v) is 3.07. The fourth-order valence-electron chi connectivity index (χ4n) is 0.966. The predicted molar refractivity (Wildman–Crippen MR) is 47.7 cm³/mol. The number of methoxy groups -OCH3 is 2. The lowest BCUT2D eigenvalue weighted by Gasteiger charge is -2.32. The van der Waals surface area contributed by atoms with Gasteiger partial charge in [0.1, 0.15) is 12.2 Å².